The molecular weight excluding hydrogens is 152 g/mol. The van der Waals surface area contributed by atoms with Gasteiger partial charge in [0.2, 0.25) is 0 Å². The molecule has 3 unspecified atom stereocenters. The first-order valence-electron chi connectivity index (χ1n) is 4.84. The molecule has 0 saturated heterocycles. The Hall–Kier alpha value is -0.0800. The van der Waals surface area contributed by atoms with Gasteiger partial charge in [-0.05, 0) is 25.7 Å². The molecule has 0 spiro atoms. The van der Waals surface area contributed by atoms with Crippen molar-refractivity contribution in [1.82, 2.24) is 0 Å². The molecule has 1 N–H and O–H groups in total. The SMILES string of the molecule is COC1(C(C)O)CCCC(C)C1. The van der Waals surface area contributed by atoms with E-state index in [0.29, 0.717) is 5.92 Å². The van der Waals surface area contributed by atoms with E-state index < -0.39 is 0 Å². The number of aliphatic hydroxyl groups is 1. The van der Waals surface area contributed by atoms with Gasteiger partial charge >= 0.3 is 0 Å². The van der Waals surface area contributed by atoms with Crippen molar-refractivity contribution in [1.29, 1.82) is 0 Å². The first-order valence-corrected chi connectivity index (χ1v) is 4.84. The van der Waals surface area contributed by atoms with Crippen LogP contribution < -0.4 is 0 Å². The Morgan fingerprint density at radius 2 is 2.25 bits per heavy atom. The highest BCUT2D eigenvalue weighted by molar-refractivity contribution is 4.90. The molecule has 1 rings (SSSR count). The summed E-state index contributed by atoms with van der Waals surface area (Å²) in [6.07, 6.45) is 4.12. The number of hydrogen-bond donors (Lipinski definition) is 1. The average Bonchev–Trinajstić information content (AvgIpc) is 2.04. The highest BCUT2D eigenvalue weighted by Gasteiger charge is 2.38. The predicted molar refractivity (Wildman–Crippen MR) is 49.1 cm³/mol. The maximum absolute atomic E-state index is 9.62. The van der Waals surface area contributed by atoms with Crippen LogP contribution in [0.3, 0.4) is 0 Å². The van der Waals surface area contributed by atoms with Crippen molar-refractivity contribution < 1.29 is 9.84 Å². The van der Waals surface area contributed by atoms with Gasteiger partial charge in [0.1, 0.15) is 0 Å². The standard InChI is InChI=1S/C10H20O2/c1-8-5-4-6-10(7-8,12-3)9(2)11/h8-9,11H,4-7H2,1-3H3. The monoisotopic (exact) mass is 172 g/mol. The van der Waals surface area contributed by atoms with Crippen LogP contribution in [0.5, 0.6) is 0 Å². The zero-order valence-corrected chi connectivity index (χ0v) is 8.34. The Labute approximate surface area is 74.9 Å². The average molecular weight is 172 g/mol. The molecule has 0 amide bonds. The van der Waals surface area contributed by atoms with Crippen molar-refractivity contribution in [3.05, 3.63) is 0 Å². The Morgan fingerprint density at radius 3 is 2.58 bits per heavy atom. The van der Waals surface area contributed by atoms with Gasteiger partial charge in [-0.2, -0.15) is 0 Å². The lowest BCUT2D eigenvalue weighted by Crippen LogP contribution is -2.46. The van der Waals surface area contributed by atoms with Crippen LogP contribution in [-0.2, 0) is 4.74 Å². The summed E-state index contributed by atoms with van der Waals surface area (Å²) in [4.78, 5) is 0. The third-order valence-corrected chi connectivity index (χ3v) is 3.16. The third-order valence-electron chi connectivity index (χ3n) is 3.16. The molecule has 0 aliphatic heterocycles. The lowest BCUT2D eigenvalue weighted by Gasteiger charge is -2.41. The summed E-state index contributed by atoms with van der Waals surface area (Å²) in [5.74, 6) is 0.688. The molecule has 1 aliphatic rings. The van der Waals surface area contributed by atoms with Crippen LogP contribution in [0.4, 0.5) is 0 Å². The molecule has 2 heteroatoms. The summed E-state index contributed by atoms with van der Waals surface area (Å²) in [5.41, 5.74) is -0.252. The fraction of sp³-hybridized carbons (Fsp3) is 1.00. The van der Waals surface area contributed by atoms with Gasteiger partial charge in [0.05, 0.1) is 11.7 Å². The van der Waals surface area contributed by atoms with E-state index in [-0.39, 0.29) is 11.7 Å². The molecule has 1 fully saturated rings. The van der Waals surface area contributed by atoms with Crippen molar-refractivity contribution >= 4 is 0 Å². The molecule has 0 radical (unpaired) electrons. The summed E-state index contributed by atoms with van der Waals surface area (Å²) < 4.78 is 5.46. The van der Waals surface area contributed by atoms with Gasteiger partial charge in [0, 0.05) is 7.11 Å². The summed E-state index contributed by atoms with van der Waals surface area (Å²) in [7, 11) is 1.71. The highest BCUT2D eigenvalue weighted by atomic mass is 16.5. The number of methoxy groups -OCH3 is 1. The fourth-order valence-corrected chi connectivity index (χ4v) is 2.28. The van der Waals surface area contributed by atoms with E-state index in [0.717, 1.165) is 12.8 Å². The van der Waals surface area contributed by atoms with E-state index >= 15 is 0 Å². The number of aliphatic hydroxyl groups excluding tert-OH is 1. The van der Waals surface area contributed by atoms with Gasteiger partial charge < -0.3 is 9.84 Å². The smallest absolute Gasteiger partial charge is 0.0936 e. The van der Waals surface area contributed by atoms with Gasteiger partial charge in [-0.15, -0.1) is 0 Å². The van der Waals surface area contributed by atoms with Gasteiger partial charge in [0.15, 0.2) is 0 Å². The molecule has 2 nitrogen and oxygen atoms in total. The molecule has 0 aromatic carbocycles. The van der Waals surface area contributed by atoms with Gasteiger partial charge in [-0.1, -0.05) is 19.8 Å². The summed E-state index contributed by atoms with van der Waals surface area (Å²) >= 11 is 0. The Bertz CT molecular complexity index is 145. The van der Waals surface area contributed by atoms with Gasteiger partial charge in [0.25, 0.3) is 0 Å². The molecule has 1 aliphatic carbocycles. The second-order valence-corrected chi connectivity index (χ2v) is 4.15. The lowest BCUT2D eigenvalue weighted by atomic mass is 9.76. The van der Waals surface area contributed by atoms with E-state index in [1.165, 1.54) is 12.8 Å². The Kier molecular flexibility index (Phi) is 3.13. The Morgan fingerprint density at radius 1 is 1.58 bits per heavy atom. The quantitative estimate of drug-likeness (QED) is 0.690. The summed E-state index contributed by atoms with van der Waals surface area (Å²) in [5, 5.41) is 9.62. The number of rotatable bonds is 2. The van der Waals surface area contributed by atoms with E-state index in [9.17, 15) is 5.11 Å². The van der Waals surface area contributed by atoms with Crippen molar-refractivity contribution in [2.75, 3.05) is 7.11 Å². The largest absolute Gasteiger partial charge is 0.390 e. The maximum Gasteiger partial charge on any atom is 0.0936 e. The molecular formula is C10H20O2. The molecule has 3 atom stereocenters. The highest BCUT2D eigenvalue weighted by Crippen LogP contribution is 2.36. The van der Waals surface area contributed by atoms with E-state index in [1.54, 1.807) is 7.11 Å². The van der Waals surface area contributed by atoms with Crippen LogP contribution >= 0.6 is 0 Å². The minimum Gasteiger partial charge on any atom is -0.390 e. The van der Waals surface area contributed by atoms with E-state index in [2.05, 4.69) is 6.92 Å². The van der Waals surface area contributed by atoms with Crippen molar-refractivity contribution in [3.8, 4) is 0 Å². The predicted octanol–water partition coefficient (Wildman–Crippen LogP) is 1.96. The van der Waals surface area contributed by atoms with Crippen LogP contribution in [0, 0.1) is 5.92 Å². The van der Waals surface area contributed by atoms with Crippen LogP contribution in [0.25, 0.3) is 0 Å². The Balaban J connectivity index is 2.64. The lowest BCUT2D eigenvalue weighted by molar-refractivity contribution is -0.124. The van der Waals surface area contributed by atoms with Crippen molar-refractivity contribution in [2.45, 2.75) is 51.2 Å². The molecule has 0 heterocycles. The van der Waals surface area contributed by atoms with E-state index in [4.69, 9.17) is 4.74 Å². The topological polar surface area (TPSA) is 29.5 Å². The molecule has 0 aromatic rings. The van der Waals surface area contributed by atoms with Crippen LogP contribution in [0.2, 0.25) is 0 Å². The van der Waals surface area contributed by atoms with Crippen LogP contribution in [0.1, 0.15) is 39.5 Å². The first kappa shape index (κ1) is 10.0. The van der Waals surface area contributed by atoms with Crippen LogP contribution in [0.15, 0.2) is 0 Å². The number of hydrogen-bond acceptors (Lipinski definition) is 2. The van der Waals surface area contributed by atoms with Gasteiger partial charge in [-0.25, -0.2) is 0 Å². The minimum absolute atomic E-state index is 0.252. The van der Waals surface area contributed by atoms with Gasteiger partial charge in [-0.3, -0.25) is 0 Å². The molecule has 72 valence electrons. The molecule has 12 heavy (non-hydrogen) atoms. The fourth-order valence-electron chi connectivity index (χ4n) is 2.28. The summed E-state index contributed by atoms with van der Waals surface area (Å²) in [6, 6.07) is 0. The molecule has 0 aromatic heterocycles. The minimum atomic E-state index is -0.342. The van der Waals surface area contributed by atoms with Crippen LogP contribution in [-0.4, -0.2) is 23.9 Å². The first-order chi connectivity index (χ1) is 5.60. The molecule has 0 bridgehead atoms. The second kappa shape index (κ2) is 3.75. The molecule has 1 saturated carbocycles. The number of ether oxygens (including phenoxy) is 1. The maximum atomic E-state index is 9.62. The van der Waals surface area contributed by atoms with Crippen molar-refractivity contribution in [3.63, 3.8) is 0 Å². The zero-order valence-electron chi connectivity index (χ0n) is 8.34. The normalized spacial score (nSPS) is 39.5. The third kappa shape index (κ3) is 1.80. The summed E-state index contributed by atoms with van der Waals surface area (Å²) in [6.45, 7) is 4.07. The van der Waals surface area contributed by atoms with Crippen molar-refractivity contribution in [2.24, 2.45) is 5.92 Å². The van der Waals surface area contributed by atoms with E-state index in [1.807, 2.05) is 6.92 Å². The zero-order chi connectivity index (χ0) is 9.19. The second-order valence-electron chi connectivity index (χ2n) is 4.15.